The Morgan fingerprint density at radius 3 is 1.42 bits per heavy atom. The zero-order chi connectivity index (χ0) is 33.0. The van der Waals surface area contributed by atoms with E-state index in [1.807, 2.05) is 72.8 Å². The molecule has 0 aliphatic carbocycles. The largest absolute Gasteiger partial charge is 0.507 e. The summed E-state index contributed by atoms with van der Waals surface area (Å²) in [6, 6.07) is 28.8. The molecular formula is C39H36N2O7. The summed E-state index contributed by atoms with van der Waals surface area (Å²) < 4.78 is 17.2. The van der Waals surface area contributed by atoms with Crippen LogP contribution < -0.4 is 20.7 Å². The Hall–Kier alpha value is -5.54. The Balaban J connectivity index is 0.000000152. The maximum absolute atomic E-state index is 12.4. The Bertz CT molecular complexity index is 2010. The molecule has 9 heteroatoms. The van der Waals surface area contributed by atoms with E-state index in [1.54, 1.807) is 12.1 Å². The van der Waals surface area contributed by atoms with Crippen LogP contribution in [0.15, 0.2) is 115 Å². The van der Waals surface area contributed by atoms with Crippen LogP contribution in [0.3, 0.4) is 0 Å². The van der Waals surface area contributed by atoms with E-state index < -0.39 is 0 Å². The van der Waals surface area contributed by atoms with Crippen LogP contribution in [0, 0.1) is 0 Å². The second-order valence-electron chi connectivity index (χ2n) is 12.0. The quantitative estimate of drug-likeness (QED) is 0.206. The fourth-order valence-corrected chi connectivity index (χ4v) is 6.34. The highest BCUT2D eigenvalue weighted by molar-refractivity contribution is 5.89. The van der Waals surface area contributed by atoms with Gasteiger partial charge in [0.05, 0.1) is 13.2 Å². The second kappa shape index (κ2) is 13.7. The number of aromatic hydroxyl groups is 2. The lowest BCUT2D eigenvalue weighted by Gasteiger charge is -2.29. The van der Waals surface area contributed by atoms with Gasteiger partial charge in [-0.15, -0.1) is 0 Å². The molecular weight excluding hydrogens is 608 g/mol. The number of ether oxygens (including phenoxy) is 1. The molecule has 2 aromatic heterocycles. The lowest BCUT2D eigenvalue weighted by molar-refractivity contribution is 0.122. The van der Waals surface area contributed by atoms with E-state index in [2.05, 4.69) is 9.80 Å². The summed E-state index contributed by atoms with van der Waals surface area (Å²) in [5, 5.41) is 21.1. The van der Waals surface area contributed by atoms with Crippen LogP contribution >= 0.6 is 0 Å². The first kappa shape index (κ1) is 31.1. The summed E-state index contributed by atoms with van der Waals surface area (Å²) in [5.74, 6) is 0.943. The molecule has 0 atom stereocenters. The zero-order valence-corrected chi connectivity index (χ0v) is 26.4. The normalized spacial score (nSPS) is 14.9. The molecule has 0 amide bonds. The summed E-state index contributed by atoms with van der Waals surface area (Å²) in [5.41, 5.74) is 3.76. The predicted molar refractivity (Wildman–Crippen MR) is 188 cm³/mol. The summed E-state index contributed by atoms with van der Waals surface area (Å²) in [6.45, 7) is 4.71. The highest BCUT2D eigenvalue weighted by Gasteiger charge is 2.18. The number of phenols is 2. The SMILES string of the molecule is O=c1cc(-c2ccccc2)oc2cc(N3CCCCC3)cc(O)c12.O=c1cc(-c2ccccc2)oc2cc(N3CCOCC3)cc(O)c12. The van der Waals surface area contributed by atoms with Crippen LogP contribution in [0.4, 0.5) is 11.4 Å². The molecule has 2 aliphatic heterocycles. The van der Waals surface area contributed by atoms with Crippen LogP contribution in [-0.2, 0) is 4.74 Å². The molecule has 0 saturated carbocycles. The fraction of sp³-hybridized carbons (Fsp3) is 0.231. The number of fused-ring (bicyclic) bond motifs is 2. The van der Waals surface area contributed by atoms with E-state index in [9.17, 15) is 19.8 Å². The van der Waals surface area contributed by atoms with Gasteiger partial charge in [-0.05, 0) is 19.3 Å². The lowest BCUT2D eigenvalue weighted by atomic mass is 10.1. The average molecular weight is 645 g/mol. The van der Waals surface area contributed by atoms with Gasteiger partial charge < -0.3 is 33.6 Å². The third kappa shape index (κ3) is 6.50. The van der Waals surface area contributed by atoms with Crippen molar-refractivity contribution in [3.05, 3.63) is 118 Å². The van der Waals surface area contributed by atoms with Crippen molar-refractivity contribution in [2.45, 2.75) is 19.3 Å². The number of nitrogens with zero attached hydrogens (tertiary/aromatic N) is 2. The van der Waals surface area contributed by atoms with E-state index in [0.29, 0.717) is 35.9 Å². The summed E-state index contributed by atoms with van der Waals surface area (Å²) in [4.78, 5) is 29.2. The fourth-order valence-electron chi connectivity index (χ4n) is 6.34. The number of hydrogen-bond acceptors (Lipinski definition) is 9. The minimum atomic E-state index is -0.249. The maximum atomic E-state index is 12.4. The number of morpholine rings is 1. The molecule has 0 spiro atoms. The van der Waals surface area contributed by atoms with E-state index in [1.165, 1.54) is 18.6 Å². The van der Waals surface area contributed by atoms with E-state index in [4.69, 9.17) is 13.6 Å². The van der Waals surface area contributed by atoms with Gasteiger partial charge in [0.1, 0.15) is 45.0 Å². The number of anilines is 2. The van der Waals surface area contributed by atoms with Gasteiger partial charge in [-0.25, -0.2) is 0 Å². The van der Waals surface area contributed by atoms with Crippen molar-refractivity contribution in [1.82, 2.24) is 0 Å². The maximum Gasteiger partial charge on any atom is 0.197 e. The van der Waals surface area contributed by atoms with Crippen LogP contribution in [0.1, 0.15) is 19.3 Å². The van der Waals surface area contributed by atoms with Crippen LogP contribution in [-0.4, -0.2) is 49.6 Å². The van der Waals surface area contributed by atoms with Gasteiger partial charge in [-0.2, -0.15) is 0 Å². The first-order valence-corrected chi connectivity index (χ1v) is 16.2. The summed E-state index contributed by atoms with van der Waals surface area (Å²) in [6.07, 6.45) is 3.53. The van der Waals surface area contributed by atoms with E-state index in [-0.39, 0.29) is 33.1 Å². The Kier molecular flexibility index (Phi) is 8.85. The highest BCUT2D eigenvalue weighted by Crippen LogP contribution is 2.34. The smallest absolute Gasteiger partial charge is 0.197 e. The third-order valence-electron chi connectivity index (χ3n) is 8.80. The van der Waals surface area contributed by atoms with E-state index in [0.717, 1.165) is 61.5 Å². The molecule has 244 valence electrons. The Labute approximate surface area is 276 Å². The minimum Gasteiger partial charge on any atom is -0.507 e. The van der Waals surface area contributed by atoms with Gasteiger partial charge in [0.15, 0.2) is 10.9 Å². The standard InChI is InChI=1S/C20H19NO3.C19H17NO4/c22-16-11-15(21-9-5-2-6-10-21)12-19-20(16)17(23)13-18(24-19)14-7-3-1-4-8-14;21-15-10-14(20-6-8-23-9-7-20)11-18-19(15)16(22)12-17(24-18)13-4-2-1-3-5-13/h1,3-4,7-8,11-13,22H,2,5-6,9-10H2;1-5,10-12,21H,6-9H2. The third-order valence-corrected chi connectivity index (χ3v) is 8.80. The van der Waals surface area contributed by atoms with Gasteiger partial charge in [0, 0.05) is 85.1 Å². The number of phenolic OH excluding ortho intramolecular Hbond substituents is 2. The average Bonchev–Trinajstić information content (AvgIpc) is 3.12. The molecule has 0 bridgehead atoms. The molecule has 0 unspecified atom stereocenters. The van der Waals surface area contributed by atoms with Crippen molar-refractivity contribution >= 4 is 33.3 Å². The summed E-state index contributed by atoms with van der Waals surface area (Å²) >= 11 is 0. The monoisotopic (exact) mass is 644 g/mol. The van der Waals surface area contributed by atoms with Gasteiger partial charge in [0.25, 0.3) is 0 Å². The van der Waals surface area contributed by atoms with Crippen molar-refractivity contribution < 1.29 is 23.8 Å². The molecule has 4 aromatic carbocycles. The first-order valence-electron chi connectivity index (χ1n) is 16.2. The van der Waals surface area contributed by atoms with Crippen molar-refractivity contribution in [2.24, 2.45) is 0 Å². The second-order valence-corrected chi connectivity index (χ2v) is 12.0. The molecule has 8 rings (SSSR count). The molecule has 6 aromatic rings. The topological polar surface area (TPSA) is 117 Å². The Morgan fingerprint density at radius 2 is 0.958 bits per heavy atom. The van der Waals surface area contributed by atoms with Gasteiger partial charge in [-0.3, -0.25) is 9.59 Å². The minimum absolute atomic E-state index is 0.0126. The molecule has 2 aliphatic rings. The molecule has 48 heavy (non-hydrogen) atoms. The zero-order valence-electron chi connectivity index (χ0n) is 26.4. The van der Waals surface area contributed by atoms with Gasteiger partial charge in [0.2, 0.25) is 0 Å². The number of piperidine rings is 1. The molecule has 9 nitrogen and oxygen atoms in total. The van der Waals surface area contributed by atoms with Crippen LogP contribution in [0.5, 0.6) is 11.5 Å². The molecule has 4 heterocycles. The van der Waals surface area contributed by atoms with Gasteiger partial charge >= 0.3 is 0 Å². The van der Waals surface area contributed by atoms with Gasteiger partial charge in [-0.1, -0.05) is 60.7 Å². The van der Waals surface area contributed by atoms with Crippen LogP contribution in [0.2, 0.25) is 0 Å². The van der Waals surface area contributed by atoms with Crippen molar-refractivity contribution in [3.63, 3.8) is 0 Å². The Morgan fingerprint density at radius 1 is 0.521 bits per heavy atom. The molecule has 2 saturated heterocycles. The molecule has 2 N–H and O–H groups in total. The number of hydrogen-bond donors (Lipinski definition) is 2. The number of benzene rings is 4. The predicted octanol–water partition coefficient (Wildman–Crippen LogP) is 7.16. The van der Waals surface area contributed by atoms with Crippen molar-refractivity contribution in [2.75, 3.05) is 49.2 Å². The summed E-state index contributed by atoms with van der Waals surface area (Å²) in [7, 11) is 0. The molecule has 2 fully saturated rings. The molecule has 0 radical (unpaired) electrons. The first-order chi connectivity index (χ1) is 23.4. The van der Waals surface area contributed by atoms with E-state index >= 15 is 0 Å². The van der Waals surface area contributed by atoms with Crippen molar-refractivity contribution in [1.29, 1.82) is 0 Å². The van der Waals surface area contributed by atoms with Crippen LogP contribution in [0.25, 0.3) is 44.6 Å². The number of rotatable bonds is 4. The highest BCUT2D eigenvalue weighted by atomic mass is 16.5. The lowest BCUT2D eigenvalue weighted by Crippen LogP contribution is -2.36. The van der Waals surface area contributed by atoms with Crippen molar-refractivity contribution in [3.8, 4) is 34.1 Å².